The Hall–Kier alpha value is -1.70. The zero-order chi connectivity index (χ0) is 14.5. The van der Waals surface area contributed by atoms with Crippen molar-refractivity contribution >= 4 is 29.4 Å². The highest BCUT2D eigenvalue weighted by atomic mass is 32.2. The number of nitrogens with zero attached hydrogens (tertiary/aromatic N) is 2. The predicted molar refractivity (Wildman–Crippen MR) is 77.0 cm³/mol. The molecule has 2 amide bonds. The van der Waals surface area contributed by atoms with Gasteiger partial charge in [0.25, 0.3) is 0 Å². The second-order valence-corrected chi connectivity index (χ2v) is 5.92. The SMILES string of the molecule is CSC1CCC(NC(=O)Nc2cnn(CC(=O)O)c2)C1. The van der Waals surface area contributed by atoms with Gasteiger partial charge >= 0.3 is 12.0 Å². The molecule has 0 saturated heterocycles. The number of urea groups is 1. The lowest BCUT2D eigenvalue weighted by molar-refractivity contribution is -0.137. The average molecular weight is 298 g/mol. The summed E-state index contributed by atoms with van der Waals surface area (Å²) in [6.45, 7) is -0.221. The van der Waals surface area contributed by atoms with Crippen molar-refractivity contribution in [2.45, 2.75) is 37.1 Å². The molecule has 0 radical (unpaired) electrons. The summed E-state index contributed by atoms with van der Waals surface area (Å²) in [5.74, 6) is -0.974. The molecule has 1 fully saturated rings. The molecule has 0 aliphatic heterocycles. The van der Waals surface area contributed by atoms with Crippen LogP contribution >= 0.6 is 11.8 Å². The molecule has 1 aliphatic carbocycles. The van der Waals surface area contributed by atoms with Gasteiger partial charge in [-0.05, 0) is 25.5 Å². The van der Waals surface area contributed by atoms with Gasteiger partial charge in [-0.3, -0.25) is 9.48 Å². The van der Waals surface area contributed by atoms with E-state index < -0.39 is 5.97 Å². The van der Waals surface area contributed by atoms with E-state index in [0.717, 1.165) is 19.3 Å². The molecule has 2 unspecified atom stereocenters. The lowest BCUT2D eigenvalue weighted by Crippen LogP contribution is -2.36. The van der Waals surface area contributed by atoms with Crippen molar-refractivity contribution in [3.8, 4) is 0 Å². The van der Waals surface area contributed by atoms with Gasteiger partial charge in [-0.15, -0.1) is 0 Å². The zero-order valence-corrected chi connectivity index (χ0v) is 12.0. The van der Waals surface area contributed by atoms with Crippen molar-refractivity contribution in [3.05, 3.63) is 12.4 Å². The van der Waals surface area contributed by atoms with E-state index in [-0.39, 0.29) is 18.6 Å². The van der Waals surface area contributed by atoms with Crippen LogP contribution in [-0.4, -0.2) is 44.4 Å². The molecule has 0 aromatic carbocycles. The van der Waals surface area contributed by atoms with Crippen LogP contribution in [0.1, 0.15) is 19.3 Å². The second kappa shape index (κ2) is 6.65. The van der Waals surface area contributed by atoms with Crippen molar-refractivity contribution in [1.29, 1.82) is 0 Å². The Bertz CT molecular complexity index is 491. The fourth-order valence-electron chi connectivity index (χ4n) is 2.29. The number of aromatic nitrogens is 2. The molecule has 110 valence electrons. The van der Waals surface area contributed by atoms with Crippen LogP contribution in [0, 0.1) is 0 Å². The molecule has 8 heteroatoms. The number of rotatable bonds is 5. The molecule has 3 N–H and O–H groups in total. The minimum absolute atomic E-state index is 0.210. The maximum atomic E-state index is 11.8. The fraction of sp³-hybridized carbons (Fsp3) is 0.583. The average Bonchev–Trinajstić information content (AvgIpc) is 2.98. The summed E-state index contributed by atoms with van der Waals surface area (Å²) in [5.41, 5.74) is 0.489. The summed E-state index contributed by atoms with van der Waals surface area (Å²) < 4.78 is 1.26. The molecular formula is C12H18N4O3S. The second-order valence-electron chi connectivity index (χ2n) is 4.79. The highest BCUT2D eigenvalue weighted by Gasteiger charge is 2.25. The fourth-order valence-corrected chi connectivity index (χ4v) is 3.09. The Morgan fingerprint density at radius 1 is 1.55 bits per heavy atom. The first-order chi connectivity index (χ1) is 9.56. The summed E-state index contributed by atoms with van der Waals surface area (Å²) in [7, 11) is 0. The van der Waals surface area contributed by atoms with Gasteiger partial charge in [-0.1, -0.05) is 0 Å². The standard InChI is InChI=1S/C12H18N4O3S/c1-20-10-3-2-8(4-10)14-12(19)15-9-5-13-16(6-9)7-11(17)18/h5-6,8,10H,2-4,7H2,1H3,(H,17,18)(H2,14,15,19). The van der Waals surface area contributed by atoms with Crippen LogP contribution in [0.25, 0.3) is 0 Å². The molecule has 1 saturated carbocycles. The molecule has 0 bridgehead atoms. The number of hydrogen-bond donors (Lipinski definition) is 3. The molecule has 1 aromatic rings. The first-order valence-corrected chi connectivity index (χ1v) is 7.70. The number of aliphatic carboxylic acids is 1. The molecule has 1 aliphatic rings. The summed E-state index contributed by atoms with van der Waals surface area (Å²) in [6.07, 6.45) is 8.13. The minimum atomic E-state index is -0.974. The van der Waals surface area contributed by atoms with E-state index in [1.807, 2.05) is 11.8 Å². The highest BCUT2D eigenvalue weighted by molar-refractivity contribution is 7.99. The zero-order valence-electron chi connectivity index (χ0n) is 11.2. The van der Waals surface area contributed by atoms with Gasteiger partial charge in [-0.2, -0.15) is 16.9 Å². The van der Waals surface area contributed by atoms with Gasteiger partial charge in [0.2, 0.25) is 0 Å². The maximum Gasteiger partial charge on any atom is 0.325 e. The number of hydrogen-bond acceptors (Lipinski definition) is 4. The minimum Gasteiger partial charge on any atom is -0.480 e. The number of thioether (sulfide) groups is 1. The molecular weight excluding hydrogens is 280 g/mol. The van der Waals surface area contributed by atoms with Crippen molar-refractivity contribution in [2.24, 2.45) is 0 Å². The topological polar surface area (TPSA) is 96.3 Å². The van der Waals surface area contributed by atoms with Crippen LogP contribution in [0.5, 0.6) is 0 Å². The van der Waals surface area contributed by atoms with Crippen molar-refractivity contribution in [2.75, 3.05) is 11.6 Å². The lowest BCUT2D eigenvalue weighted by atomic mass is 10.2. The molecule has 7 nitrogen and oxygen atoms in total. The largest absolute Gasteiger partial charge is 0.480 e. The van der Waals surface area contributed by atoms with Gasteiger partial charge in [-0.25, -0.2) is 4.79 Å². The third kappa shape index (κ3) is 4.16. The highest BCUT2D eigenvalue weighted by Crippen LogP contribution is 2.28. The number of carboxylic acids is 1. The van der Waals surface area contributed by atoms with E-state index in [1.54, 1.807) is 0 Å². The van der Waals surface area contributed by atoms with Crippen LogP contribution in [0.15, 0.2) is 12.4 Å². The van der Waals surface area contributed by atoms with E-state index >= 15 is 0 Å². The van der Waals surface area contributed by atoms with E-state index in [1.165, 1.54) is 17.1 Å². The Labute approximate surface area is 121 Å². The third-order valence-electron chi connectivity index (χ3n) is 3.24. The predicted octanol–water partition coefficient (Wildman–Crippen LogP) is 1.37. The first-order valence-electron chi connectivity index (χ1n) is 6.41. The molecule has 1 heterocycles. The first kappa shape index (κ1) is 14.7. The van der Waals surface area contributed by atoms with E-state index in [2.05, 4.69) is 22.0 Å². The van der Waals surface area contributed by atoms with E-state index in [4.69, 9.17) is 5.11 Å². The molecule has 2 atom stereocenters. The van der Waals surface area contributed by atoms with Crippen molar-refractivity contribution in [3.63, 3.8) is 0 Å². The number of anilines is 1. The number of amides is 2. The van der Waals surface area contributed by atoms with Crippen LogP contribution < -0.4 is 10.6 Å². The quantitative estimate of drug-likeness (QED) is 0.763. The smallest absolute Gasteiger partial charge is 0.325 e. The molecule has 20 heavy (non-hydrogen) atoms. The van der Waals surface area contributed by atoms with Gasteiger partial charge in [0.05, 0.1) is 11.9 Å². The number of carbonyl (C=O) groups excluding carboxylic acids is 1. The van der Waals surface area contributed by atoms with Crippen LogP contribution in [-0.2, 0) is 11.3 Å². The number of carboxylic acid groups (broad SMARTS) is 1. The Morgan fingerprint density at radius 3 is 3.00 bits per heavy atom. The Kier molecular flexibility index (Phi) is 4.89. The molecule has 0 spiro atoms. The summed E-state index contributed by atoms with van der Waals surface area (Å²) in [4.78, 5) is 22.3. The van der Waals surface area contributed by atoms with Gasteiger partial charge in [0.1, 0.15) is 6.54 Å². The third-order valence-corrected chi connectivity index (χ3v) is 4.34. The molecule has 2 rings (SSSR count). The van der Waals surface area contributed by atoms with Crippen molar-refractivity contribution < 1.29 is 14.7 Å². The van der Waals surface area contributed by atoms with Crippen molar-refractivity contribution in [1.82, 2.24) is 15.1 Å². The summed E-state index contributed by atoms with van der Waals surface area (Å²) in [5, 5.41) is 18.7. The van der Waals surface area contributed by atoms with Crippen LogP contribution in [0.3, 0.4) is 0 Å². The molecule has 1 aromatic heterocycles. The lowest BCUT2D eigenvalue weighted by Gasteiger charge is -2.12. The van der Waals surface area contributed by atoms with Crippen LogP contribution in [0.4, 0.5) is 10.5 Å². The van der Waals surface area contributed by atoms with Crippen LogP contribution in [0.2, 0.25) is 0 Å². The van der Waals surface area contributed by atoms with Gasteiger partial charge in [0, 0.05) is 17.5 Å². The van der Waals surface area contributed by atoms with E-state index in [0.29, 0.717) is 10.9 Å². The van der Waals surface area contributed by atoms with Gasteiger partial charge < -0.3 is 15.7 Å². The summed E-state index contributed by atoms with van der Waals surface area (Å²) in [6, 6.07) is -0.0619. The van der Waals surface area contributed by atoms with E-state index in [9.17, 15) is 9.59 Å². The summed E-state index contributed by atoms with van der Waals surface area (Å²) >= 11 is 1.84. The maximum absolute atomic E-state index is 11.8. The van der Waals surface area contributed by atoms with Gasteiger partial charge in [0.15, 0.2) is 0 Å². The Morgan fingerprint density at radius 2 is 2.35 bits per heavy atom. The number of nitrogens with one attached hydrogen (secondary N) is 2. The number of carbonyl (C=O) groups is 2. The monoisotopic (exact) mass is 298 g/mol. The Balaban J connectivity index is 1.79. The normalized spacial score (nSPS) is 21.6.